The van der Waals surface area contributed by atoms with Gasteiger partial charge in [-0.2, -0.15) is 0 Å². The standard InChI is InChI=1S/C34H40Cl2N2O4/c1-19(2)17-38(31(40)14-21-7-9-25(35)26(36)13-21)27-10-8-24-28-15-22-5-4-6-29-32(22)34(24,33(27)42-29)11-12-37(28)18-23-16-30(23)41-20(3)39/h4-7,9,13,19,23-24,27-28,30,33H,8,10-12,14-18H2,1-3H3/t23?,24-,27-,28+,30?,33-,34-/m0/s1. The fourth-order valence-corrected chi connectivity index (χ4v) is 9.25. The lowest BCUT2D eigenvalue weighted by atomic mass is 9.51. The van der Waals surface area contributed by atoms with Crippen molar-refractivity contribution in [3.05, 3.63) is 63.1 Å². The number of hydrogen-bond acceptors (Lipinski definition) is 5. The Bertz CT molecular complexity index is 1410. The van der Waals surface area contributed by atoms with E-state index in [9.17, 15) is 9.59 Å². The van der Waals surface area contributed by atoms with Gasteiger partial charge in [0.15, 0.2) is 0 Å². The average molecular weight is 612 g/mol. The minimum Gasteiger partial charge on any atom is -0.487 e. The molecule has 1 saturated heterocycles. The number of halogens is 2. The predicted molar refractivity (Wildman–Crippen MR) is 163 cm³/mol. The van der Waals surface area contributed by atoms with Crippen LogP contribution in [0.5, 0.6) is 5.75 Å². The molecule has 0 aromatic heterocycles. The summed E-state index contributed by atoms with van der Waals surface area (Å²) in [7, 11) is 0. The van der Waals surface area contributed by atoms with Gasteiger partial charge in [-0.1, -0.05) is 55.2 Å². The number of carbonyl (C=O) groups is 2. The maximum absolute atomic E-state index is 14.1. The molecule has 3 aliphatic carbocycles. The zero-order valence-electron chi connectivity index (χ0n) is 24.7. The first-order valence-corrected chi connectivity index (χ1v) is 16.3. The summed E-state index contributed by atoms with van der Waals surface area (Å²) < 4.78 is 12.5. The smallest absolute Gasteiger partial charge is 0.302 e. The van der Waals surface area contributed by atoms with Crippen molar-refractivity contribution in [1.82, 2.24) is 9.80 Å². The quantitative estimate of drug-likeness (QED) is 0.339. The van der Waals surface area contributed by atoms with Crippen molar-refractivity contribution in [2.45, 2.75) is 89.0 Å². The monoisotopic (exact) mass is 610 g/mol. The van der Waals surface area contributed by atoms with E-state index in [4.69, 9.17) is 32.7 Å². The number of amides is 1. The van der Waals surface area contributed by atoms with Crippen molar-refractivity contribution < 1.29 is 19.1 Å². The number of ether oxygens (including phenoxy) is 2. The highest BCUT2D eigenvalue weighted by Gasteiger charge is 2.66. The number of benzene rings is 2. The number of piperidine rings is 1. The summed E-state index contributed by atoms with van der Waals surface area (Å²) in [5.74, 6) is 2.23. The SMILES string of the molecule is CC(=O)OC1CC1CN1CC[C@]23c4c5cccc4O[C@H]2[C@@H](N(CC(C)C)C(=O)Cc2ccc(Cl)c(Cl)c2)CC[C@H]3[C@H]1C5. The summed E-state index contributed by atoms with van der Waals surface area (Å²) >= 11 is 12.5. The number of carbonyl (C=O) groups excluding carboxylic acids is 2. The first-order chi connectivity index (χ1) is 20.2. The second-order valence-electron chi connectivity index (χ2n) is 13.6. The summed E-state index contributed by atoms with van der Waals surface area (Å²) in [6.07, 6.45) is 5.36. The van der Waals surface area contributed by atoms with E-state index in [0.29, 0.717) is 46.8 Å². The van der Waals surface area contributed by atoms with Gasteiger partial charge < -0.3 is 14.4 Å². The van der Waals surface area contributed by atoms with Crippen LogP contribution in [0.4, 0.5) is 0 Å². The zero-order valence-corrected chi connectivity index (χ0v) is 26.2. The Morgan fingerprint density at radius 2 is 2.00 bits per heavy atom. The molecule has 42 heavy (non-hydrogen) atoms. The molecule has 2 aromatic carbocycles. The van der Waals surface area contributed by atoms with Gasteiger partial charge in [-0.3, -0.25) is 14.5 Å². The third-order valence-corrected chi connectivity index (χ3v) is 11.3. The van der Waals surface area contributed by atoms with Crippen LogP contribution in [0, 0.1) is 17.8 Å². The van der Waals surface area contributed by atoms with Crippen LogP contribution in [0.15, 0.2) is 36.4 Å². The fourth-order valence-electron chi connectivity index (χ4n) is 8.93. The van der Waals surface area contributed by atoms with Crippen molar-refractivity contribution >= 4 is 35.1 Å². The topological polar surface area (TPSA) is 59.1 Å². The van der Waals surface area contributed by atoms with Crippen LogP contribution >= 0.6 is 23.2 Å². The molecule has 2 unspecified atom stereocenters. The van der Waals surface area contributed by atoms with E-state index in [1.807, 2.05) is 12.1 Å². The number of likely N-dealkylation sites (tertiary alicyclic amines) is 1. The Kier molecular flexibility index (Phi) is 7.26. The molecule has 5 aliphatic rings. The Morgan fingerprint density at radius 1 is 1.17 bits per heavy atom. The summed E-state index contributed by atoms with van der Waals surface area (Å²) in [4.78, 5) is 30.4. The molecule has 2 aliphatic heterocycles. The van der Waals surface area contributed by atoms with Crippen molar-refractivity contribution in [2.24, 2.45) is 17.8 Å². The molecule has 2 saturated carbocycles. The molecule has 7 rings (SSSR count). The molecule has 2 heterocycles. The third-order valence-electron chi connectivity index (χ3n) is 10.6. The Hall–Kier alpha value is -2.28. The Labute approximate surface area is 258 Å². The Morgan fingerprint density at radius 3 is 2.76 bits per heavy atom. The van der Waals surface area contributed by atoms with E-state index < -0.39 is 0 Å². The second kappa shape index (κ2) is 10.7. The molecule has 2 bridgehead atoms. The van der Waals surface area contributed by atoms with Gasteiger partial charge in [-0.05, 0) is 79.8 Å². The van der Waals surface area contributed by atoms with Crippen LogP contribution in [-0.2, 0) is 32.6 Å². The molecule has 8 heteroatoms. The maximum atomic E-state index is 14.1. The van der Waals surface area contributed by atoms with Gasteiger partial charge in [-0.25, -0.2) is 0 Å². The minimum atomic E-state index is -0.178. The van der Waals surface area contributed by atoms with Gasteiger partial charge in [-0.15, -0.1) is 0 Å². The van der Waals surface area contributed by atoms with E-state index >= 15 is 0 Å². The van der Waals surface area contributed by atoms with Crippen LogP contribution < -0.4 is 4.74 Å². The summed E-state index contributed by atoms with van der Waals surface area (Å²) in [6.45, 7) is 8.56. The lowest BCUT2D eigenvalue weighted by Gasteiger charge is -2.60. The van der Waals surface area contributed by atoms with Crippen molar-refractivity contribution in [2.75, 3.05) is 19.6 Å². The molecule has 2 aromatic rings. The summed E-state index contributed by atoms with van der Waals surface area (Å²) in [5.41, 5.74) is 3.63. The van der Waals surface area contributed by atoms with Gasteiger partial charge in [0.05, 0.1) is 22.5 Å². The van der Waals surface area contributed by atoms with Gasteiger partial charge in [0, 0.05) is 43.0 Å². The second-order valence-corrected chi connectivity index (χ2v) is 14.5. The van der Waals surface area contributed by atoms with Gasteiger partial charge in [0.2, 0.25) is 5.91 Å². The van der Waals surface area contributed by atoms with Gasteiger partial charge in [0.25, 0.3) is 0 Å². The zero-order chi connectivity index (χ0) is 29.3. The lowest BCUT2D eigenvalue weighted by molar-refractivity contribution is -0.143. The number of rotatable bonds is 8. The first-order valence-electron chi connectivity index (χ1n) is 15.6. The normalized spacial score (nSPS) is 32.2. The van der Waals surface area contributed by atoms with Crippen LogP contribution in [-0.4, -0.2) is 65.6 Å². The van der Waals surface area contributed by atoms with E-state index in [1.54, 1.807) is 6.07 Å². The van der Waals surface area contributed by atoms with E-state index in [1.165, 1.54) is 18.1 Å². The van der Waals surface area contributed by atoms with E-state index in [2.05, 4.69) is 41.8 Å². The fraction of sp³-hybridized carbons (Fsp3) is 0.588. The summed E-state index contributed by atoms with van der Waals surface area (Å²) in [6, 6.07) is 12.5. The van der Waals surface area contributed by atoms with Crippen molar-refractivity contribution in [3.63, 3.8) is 0 Å². The molecule has 7 atom stereocenters. The molecule has 6 nitrogen and oxygen atoms in total. The van der Waals surface area contributed by atoms with Crippen LogP contribution in [0.1, 0.15) is 63.1 Å². The molecular weight excluding hydrogens is 571 g/mol. The molecule has 224 valence electrons. The predicted octanol–water partition coefficient (Wildman–Crippen LogP) is 6.08. The van der Waals surface area contributed by atoms with E-state index in [-0.39, 0.29) is 35.5 Å². The molecule has 3 fully saturated rings. The minimum absolute atomic E-state index is 0.0150. The average Bonchev–Trinajstić information content (AvgIpc) is 3.56. The lowest BCUT2D eigenvalue weighted by Crippen LogP contribution is -2.69. The van der Waals surface area contributed by atoms with Crippen molar-refractivity contribution in [3.8, 4) is 5.75 Å². The van der Waals surface area contributed by atoms with Crippen LogP contribution in [0.25, 0.3) is 0 Å². The van der Waals surface area contributed by atoms with E-state index in [0.717, 1.165) is 56.5 Å². The summed E-state index contributed by atoms with van der Waals surface area (Å²) in [5, 5.41) is 0.975. The van der Waals surface area contributed by atoms with Crippen LogP contribution in [0.2, 0.25) is 10.0 Å². The van der Waals surface area contributed by atoms with Gasteiger partial charge >= 0.3 is 5.97 Å². The molecule has 1 amide bonds. The molecule has 0 N–H and O–H groups in total. The highest BCUT2D eigenvalue weighted by molar-refractivity contribution is 6.42. The highest BCUT2D eigenvalue weighted by atomic mass is 35.5. The molecular formula is C34H40Cl2N2O4. The maximum Gasteiger partial charge on any atom is 0.302 e. The highest BCUT2D eigenvalue weighted by Crippen LogP contribution is 2.63. The Balaban J connectivity index is 1.19. The van der Waals surface area contributed by atoms with Gasteiger partial charge in [0.1, 0.15) is 18.0 Å². The first kappa shape index (κ1) is 28.5. The number of hydrogen-bond donors (Lipinski definition) is 0. The molecule has 0 radical (unpaired) electrons. The number of nitrogens with zero attached hydrogens (tertiary/aromatic N) is 2. The third kappa shape index (κ3) is 4.73. The number of esters is 1. The molecule has 1 spiro atoms. The van der Waals surface area contributed by atoms with Crippen molar-refractivity contribution in [1.29, 1.82) is 0 Å². The largest absolute Gasteiger partial charge is 0.487 e. The van der Waals surface area contributed by atoms with Crippen LogP contribution in [0.3, 0.4) is 0 Å².